The van der Waals surface area contributed by atoms with Crippen molar-refractivity contribution < 1.29 is 4.74 Å². The SMILES string of the molecule is CN1CC[C@H]1COc1cncc(N)c1. The number of pyridine rings is 1. The summed E-state index contributed by atoms with van der Waals surface area (Å²) in [7, 11) is 2.11. The Labute approximate surface area is 83.7 Å². The van der Waals surface area contributed by atoms with E-state index in [4.69, 9.17) is 10.5 Å². The van der Waals surface area contributed by atoms with Gasteiger partial charge in [-0.25, -0.2) is 0 Å². The average Bonchev–Trinajstić information content (AvgIpc) is 2.16. The van der Waals surface area contributed by atoms with Gasteiger partial charge in [0.1, 0.15) is 12.4 Å². The van der Waals surface area contributed by atoms with Crippen molar-refractivity contribution in [2.24, 2.45) is 0 Å². The quantitative estimate of drug-likeness (QED) is 0.769. The number of nitrogens with zero attached hydrogens (tertiary/aromatic N) is 2. The maximum absolute atomic E-state index is 5.59. The number of hydrogen-bond acceptors (Lipinski definition) is 4. The third-order valence-corrected chi connectivity index (χ3v) is 2.62. The molecule has 1 aromatic rings. The minimum atomic E-state index is 0.552. The number of likely N-dealkylation sites (tertiary alicyclic amines) is 1. The first-order valence-electron chi connectivity index (χ1n) is 4.79. The van der Waals surface area contributed by atoms with Crippen LogP contribution in [0.4, 0.5) is 5.69 Å². The molecule has 1 aliphatic heterocycles. The average molecular weight is 193 g/mol. The molecule has 0 aromatic carbocycles. The van der Waals surface area contributed by atoms with Crippen LogP contribution in [0.1, 0.15) is 6.42 Å². The normalized spacial score (nSPS) is 21.6. The van der Waals surface area contributed by atoms with Gasteiger partial charge in [-0.3, -0.25) is 9.88 Å². The van der Waals surface area contributed by atoms with Crippen LogP contribution in [-0.4, -0.2) is 36.1 Å². The van der Waals surface area contributed by atoms with E-state index in [1.165, 1.54) is 13.0 Å². The van der Waals surface area contributed by atoms with Crippen molar-refractivity contribution in [2.75, 3.05) is 25.9 Å². The fourth-order valence-corrected chi connectivity index (χ4v) is 1.49. The first-order valence-corrected chi connectivity index (χ1v) is 4.79. The Morgan fingerprint density at radius 1 is 1.64 bits per heavy atom. The first kappa shape index (κ1) is 9.27. The third-order valence-electron chi connectivity index (χ3n) is 2.62. The minimum Gasteiger partial charge on any atom is -0.490 e. The molecule has 0 spiro atoms. The highest BCUT2D eigenvalue weighted by Gasteiger charge is 2.24. The van der Waals surface area contributed by atoms with Gasteiger partial charge in [0.15, 0.2) is 0 Å². The zero-order valence-corrected chi connectivity index (χ0v) is 8.31. The van der Waals surface area contributed by atoms with Crippen LogP contribution in [-0.2, 0) is 0 Å². The molecule has 0 unspecified atom stereocenters. The maximum atomic E-state index is 5.59. The third kappa shape index (κ3) is 1.96. The van der Waals surface area contributed by atoms with E-state index in [-0.39, 0.29) is 0 Å². The highest BCUT2D eigenvalue weighted by molar-refractivity contribution is 5.39. The lowest BCUT2D eigenvalue weighted by Crippen LogP contribution is -2.48. The smallest absolute Gasteiger partial charge is 0.139 e. The fraction of sp³-hybridized carbons (Fsp3) is 0.500. The van der Waals surface area contributed by atoms with E-state index in [0.717, 1.165) is 12.4 Å². The Morgan fingerprint density at radius 2 is 2.50 bits per heavy atom. The molecule has 1 aromatic heterocycles. The van der Waals surface area contributed by atoms with Crippen molar-refractivity contribution in [1.82, 2.24) is 9.88 Å². The molecular formula is C10H15N3O. The van der Waals surface area contributed by atoms with Gasteiger partial charge in [-0.1, -0.05) is 0 Å². The van der Waals surface area contributed by atoms with Gasteiger partial charge in [-0.2, -0.15) is 0 Å². The molecule has 0 bridgehead atoms. The number of likely N-dealkylation sites (N-methyl/N-ethyl adjacent to an activating group) is 1. The number of hydrogen-bond donors (Lipinski definition) is 1. The molecule has 1 fully saturated rings. The monoisotopic (exact) mass is 193 g/mol. The van der Waals surface area contributed by atoms with Crippen LogP contribution in [0.3, 0.4) is 0 Å². The van der Waals surface area contributed by atoms with Gasteiger partial charge >= 0.3 is 0 Å². The molecule has 0 aliphatic carbocycles. The second kappa shape index (κ2) is 3.84. The van der Waals surface area contributed by atoms with Gasteiger partial charge in [0.25, 0.3) is 0 Å². The Hall–Kier alpha value is -1.29. The molecule has 14 heavy (non-hydrogen) atoms. The highest BCUT2D eigenvalue weighted by Crippen LogP contribution is 2.17. The van der Waals surface area contributed by atoms with E-state index in [2.05, 4.69) is 16.9 Å². The topological polar surface area (TPSA) is 51.4 Å². The lowest BCUT2D eigenvalue weighted by atomic mass is 10.1. The Morgan fingerprint density at radius 3 is 3.07 bits per heavy atom. The lowest BCUT2D eigenvalue weighted by Gasteiger charge is -2.37. The van der Waals surface area contributed by atoms with Gasteiger partial charge in [0.05, 0.1) is 18.1 Å². The standard InChI is InChI=1S/C10H15N3O/c1-13-3-2-9(13)7-14-10-4-8(11)5-12-6-10/h4-6,9H,2-3,7,11H2,1H3/t9-/m0/s1. The highest BCUT2D eigenvalue weighted by atomic mass is 16.5. The molecule has 1 saturated heterocycles. The van der Waals surface area contributed by atoms with E-state index in [0.29, 0.717) is 11.7 Å². The Bertz CT molecular complexity index is 316. The number of aromatic nitrogens is 1. The summed E-state index contributed by atoms with van der Waals surface area (Å²) in [6, 6.07) is 2.35. The van der Waals surface area contributed by atoms with Gasteiger partial charge in [0, 0.05) is 12.1 Å². The van der Waals surface area contributed by atoms with Gasteiger partial charge in [-0.15, -0.1) is 0 Å². The number of nitrogens with two attached hydrogens (primary N) is 1. The number of nitrogen functional groups attached to an aromatic ring is 1. The number of rotatable bonds is 3. The van der Waals surface area contributed by atoms with Crippen molar-refractivity contribution in [3.05, 3.63) is 18.5 Å². The number of ether oxygens (including phenoxy) is 1. The van der Waals surface area contributed by atoms with Gasteiger partial charge in [-0.05, 0) is 20.0 Å². The predicted octanol–water partition coefficient (Wildman–Crippen LogP) is 0.747. The van der Waals surface area contributed by atoms with E-state index in [9.17, 15) is 0 Å². The molecule has 2 heterocycles. The summed E-state index contributed by atoms with van der Waals surface area (Å²) in [6.07, 6.45) is 4.52. The largest absolute Gasteiger partial charge is 0.490 e. The minimum absolute atomic E-state index is 0.552. The van der Waals surface area contributed by atoms with E-state index < -0.39 is 0 Å². The van der Waals surface area contributed by atoms with Crippen molar-refractivity contribution in [3.63, 3.8) is 0 Å². The molecule has 4 heteroatoms. The Kier molecular flexibility index (Phi) is 2.54. The van der Waals surface area contributed by atoms with E-state index >= 15 is 0 Å². The summed E-state index contributed by atoms with van der Waals surface area (Å²) >= 11 is 0. The molecule has 1 aliphatic rings. The van der Waals surface area contributed by atoms with Crippen molar-refractivity contribution in [3.8, 4) is 5.75 Å². The van der Waals surface area contributed by atoms with E-state index in [1.54, 1.807) is 18.5 Å². The molecule has 76 valence electrons. The summed E-state index contributed by atoms with van der Waals surface area (Å²) in [6.45, 7) is 1.89. The van der Waals surface area contributed by atoms with Crippen LogP contribution in [0, 0.1) is 0 Å². The van der Waals surface area contributed by atoms with Gasteiger partial charge in [0.2, 0.25) is 0 Å². The summed E-state index contributed by atoms with van der Waals surface area (Å²) < 4.78 is 5.58. The predicted molar refractivity (Wildman–Crippen MR) is 55.2 cm³/mol. The molecule has 0 amide bonds. The summed E-state index contributed by atoms with van der Waals surface area (Å²) in [5, 5.41) is 0. The molecule has 2 rings (SSSR count). The molecule has 2 N–H and O–H groups in total. The van der Waals surface area contributed by atoms with E-state index in [1.807, 2.05) is 0 Å². The van der Waals surface area contributed by atoms with Crippen LogP contribution in [0.2, 0.25) is 0 Å². The second-order valence-electron chi connectivity index (χ2n) is 3.69. The molecule has 4 nitrogen and oxygen atoms in total. The summed E-state index contributed by atoms with van der Waals surface area (Å²) in [4.78, 5) is 6.24. The summed E-state index contributed by atoms with van der Waals surface area (Å²) in [5.74, 6) is 0.755. The van der Waals surface area contributed by atoms with Crippen LogP contribution in [0.5, 0.6) is 5.75 Å². The zero-order chi connectivity index (χ0) is 9.97. The molecule has 1 atom stereocenters. The molecule has 0 radical (unpaired) electrons. The van der Waals surface area contributed by atoms with Crippen LogP contribution < -0.4 is 10.5 Å². The maximum Gasteiger partial charge on any atom is 0.139 e. The molecule has 0 saturated carbocycles. The summed E-state index contributed by atoms with van der Waals surface area (Å²) in [5.41, 5.74) is 6.23. The van der Waals surface area contributed by atoms with Crippen molar-refractivity contribution in [2.45, 2.75) is 12.5 Å². The zero-order valence-electron chi connectivity index (χ0n) is 8.31. The van der Waals surface area contributed by atoms with Crippen molar-refractivity contribution >= 4 is 5.69 Å². The van der Waals surface area contributed by atoms with Gasteiger partial charge < -0.3 is 10.5 Å². The van der Waals surface area contributed by atoms with Crippen LogP contribution in [0.15, 0.2) is 18.5 Å². The second-order valence-corrected chi connectivity index (χ2v) is 3.69. The fourth-order valence-electron chi connectivity index (χ4n) is 1.49. The first-order chi connectivity index (χ1) is 6.75. The number of anilines is 1. The van der Waals surface area contributed by atoms with Crippen LogP contribution in [0.25, 0.3) is 0 Å². The van der Waals surface area contributed by atoms with Crippen molar-refractivity contribution in [1.29, 1.82) is 0 Å². The lowest BCUT2D eigenvalue weighted by molar-refractivity contribution is 0.0768. The van der Waals surface area contributed by atoms with Crippen LogP contribution >= 0.6 is 0 Å². The molecular weight excluding hydrogens is 178 g/mol. The Balaban J connectivity index is 1.85.